The average Bonchev–Trinajstić information content (AvgIpc) is 3.39. The molecule has 6 nitrogen and oxygen atoms in total. The van der Waals surface area contributed by atoms with Crippen LogP contribution in [0.3, 0.4) is 0 Å². The van der Waals surface area contributed by atoms with Gasteiger partial charge in [-0.25, -0.2) is 0 Å². The number of piperazine rings is 1. The first-order chi connectivity index (χ1) is 13.7. The predicted molar refractivity (Wildman–Crippen MR) is 110 cm³/mol. The maximum absolute atomic E-state index is 12.3. The topological polar surface area (TPSA) is 55.9 Å². The Hall–Kier alpha value is -1.92. The van der Waals surface area contributed by atoms with Gasteiger partial charge in [-0.3, -0.25) is 14.5 Å². The second kappa shape index (κ2) is 9.05. The number of nitrogens with zero attached hydrogens (tertiary/aromatic N) is 3. The van der Waals surface area contributed by atoms with Gasteiger partial charge in [0.2, 0.25) is 11.8 Å². The number of likely N-dealkylation sites (tertiary alicyclic amines) is 1. The number of carbonyl (C=O) groups is 2. The lowest BCUT2D eigenvalue weighted by atomic mass is 10.1. The van der Waals surface area contributed by atoms with Gasteiger partial charge in [0.05, 0.1) is 6.54 Å². The molecule has 6 heteroatoms. The normalized spacial score (nSPS) is 20.4. The van der Waals surface area contributed by atoms with E-state index >= 15 is 0 Å². The van der Waals surface area contributed by atoms with Crippen molar-refractivity contribution in [1.82, 2.24) is 14.7 Å². The summed E-state index contributed by atoms with van der Waals surface area (Å²) in [5, 5.41) is 3.05. The number of carbonyl (C=O) groups excluding carboxylic acids is 2. The Bertz CT molecular complexity index is 706. The number of aryl methyl sites for hydroxylation is 2. The molecule has 0 bridgehead atoms. The van der Waals surface area contributed by atoms with Gasteiger partial charge in [0.25, 0.3) is 0 Å². The lowest BCUT2D eigenvalue weighted by Crippen LogP contribution is -2.50. The van der Waals surface area contributed by atoms with Crippen LogP contribution >= 0.6 is 0 Å². The van der Waals surface area contributed by atoms with Crippen LogP contribution in [0.25, 0.3) is 0 Å². The fourth-order valence-electron chi connectivity index (χ4n) is 4.56. The fourth-order valence-corrected chi connectivity index (χ4v) is 4.56. The van der Waals surface area contributed by atoms with Crippen LogP contribution in [0.15, 0.2) is 18.2 Å². The molecule has 0 atom stereocenters. The van der Waals surface area contributed by atoms with Crippen molar-refractivity contribution in [3.63, 3.8) is 0 Å². The molecule has 1 N–H and O–H groups in total. The molecule has 1 aromatic rings. The SMILES string of the molecule is O=C(CCN1CCN(CC(=O)N2CCCC2)CC1)Nc1ccc2c(c1)CCC2. The third-order valence-electron chi connectivity index (χ3n) is 6.32. The summed E-state index contributed by atoms with van der Waals surface area (Å²) >= 11 is 0. The Morgan fingerprint density at radius 3 is 2.36 bits per heavy atom. The fraction of sp³-hybridized carbons (Fsp3) is 0.636. The van der Waals surface area contributed by atoms with Crippen molar-refractivity contribution in [3.05, 3.63) is 29.3 Å². The Kier molecular flexibility index (Phi) is 6.27. The first-order valence-electron chi connectivity index (χ1n) is 10.8. The Balaban J connectivity index is 1.15. The van der Waals surface area contributed by atoms with Gasteiger partial charge in [-0.1, -0.05) is 6.07 Å². The summed E-state index contributed by atoms with van der Waals surface area (Å²) in [5.74, 6) is 0.365. The van der Waals surface area contributed by atoms with E-state index in [4.69, 9.17) is 0 Å². The van der Waals surface area contributed by atoms with Crippen LogP contribution in [-0.4, -0.2) is 78.9 Å². The summed E-state index contributed by atoms with van der Waals surface area (Å²) < 4.78 is 0. The number of benzene rings is 1. The van der Waals surface area contributed by atoms with E-state index in [0.717, 1.165) is 70.8 Å². The van der Waals surface area contributed by atoms with Crippen LogP contribution in [0.1, 0.15) is 36.8 Å². The summed E-state index contributed by atoms with van der Waals surface area (Å²) in [6.45, 7) is 6.87. The number of fused-ring (bicyclic) bond motifs is 1. The number of anilines is 1. The summed E-state index contributed by atoms with van der Waals surface area (Å²) in [4.78, 5) is 31.2. The number of hydrogen-bond donors (Lipinski definition) is 1. The largest absolute Gasteiger partial charge is 0.342 e. The molecule has 1 aliphatic carbocycles. The Labute approximate surface area is 167 Å². The lowest BCUT2D eigenvalue weighted by molar-refractivity contribution is -0.131. The van der Waals surface area contributed by atoms with E-state index in [-0.39, 0.29) is 11.8 Å². The van der Waals surface area contributed by atoms with E-state index in [2.05, 4.69) is 27.2 Å². The molecule has 152 valence electrons. The zero-order valence-electron chi connectivity index (χ0n) is 16.8. The highest BCUT2D eigenvalue weighted by Gasteiger charge is 2.23. The highest BCUT2D eigenvalue weighted by Crippen LogP contribution is 2.24. The monoisotopic (exact) mass is 384 g/mol. The second-order valence-corrected chi connectivity index (χ2v) is 8.34. The first-order valence-corrected chi connectivity index (χ1v) is 10.8. The number of amides is 2. The number of rotatable bonds is 6. The van der Waals surface area contributed by atoms with Crippen LogP contribution in [-0.2, 0) is 22.4 Å². The zero-order chi connectivity index (χ0) is 19.3. The van der Waals surface area contributed by atoms with E-state index in [1.165, 1.54) is 24.0 Å². The molecule has 0 spiro atoms. The molecule has 2 saturated heterocycles. The van der Waals surface area contributed by atoms with Crippen molar-refractivity contribution in [3.8, 4) is 0 Å². The highest BCUT2D eigenvalue weighted by molar-refractivity contribution is 5.91. The van der Waals surface area contributed by atoms with Crippen molar-refractivity contribution in [2.24, 2.45) is 0 Å². The standard InChI is InChI=1S/C22H32N4O2/c27-21(23-20-7-6-18-4-3-5-19(18)16-20)8-11-24-12-14-25(15-13-24)17-22(28)26-9-1-2-10-26/h6-7,16H,1-5,8-15,17H2,(H,23,27). The summed E-state index contributed by atoms with van der Waals surface area (Å²) in [7, 11) is 0. The van der Waals surface area contributed by atoms with Crippen LogP contribution in [0.4, 0.5) is 5.69 Å². The highest BCUT2D eigenvalue weighted by atomic mass is 16.2. The minimum Gasteiger partial charge on any atom is -0.342 e. The van der Waals surface area contributed by atoms with Gasteiger partial charge in [0.1, 0.15) is 0 Å². The van der Waals surface area contributed by atoms with Crippen LogP contribution in [0.2, 0.25) is 0 Å². The third-order valence-corrected chi connectivity index (χ3v) is 6.32. The van der Waals surface area contributed by atoms with E-state index in [1.807, 2.05) is 11.0 Å². The van der Waals surface area contributed by atoms with Crippen LogP contribution < -0.4 is 5.32 Å². The van der Waals surface area contributed by atoms with E-state index in [9.17, 15) is 9.59 Å². The molecule has 0 radical (unpaired) electrons. The van der Waals surface area contributed by atoms with Gasteiger partial charge >= 0.3 is 0 Å². The third kappa shape index (κ3) is 4.92. The molecule has 0 saturated carbocycles. The van der Waals surface area contributed by atoms with Gasteiger partial charge in [-0.05, 0) is 55.4 Å². The number of nitrogens with one attached hydrogen (secondary N) is 1. The van der Waals surface area contributed by atoms with Crippen molar-refractivity contribution in [2.45, 2.75) is 38.5 Å². The maximum atomic E-state index is 12.3. The summed E-state index contributed by atoms with van der Waals surface area (Å²) in [6, 6.07) is 6.31. The molecule has 3 aliphatic rings. The molecular weight excluding hydrogens is 352 g/mol. The molecule has 1 aromatic carbocycles. The Morgan fingerprint density at radius 1 is 0.857 bits per heavy atom. The van der Waals surface area contributed by atoms with Gasteiger partial charge in [0.15, 0.2) is 0 Å². The minimum absolute atomic E-state index is 0.0876. The molecule has 2 aliphatic heterocycles. The first kappa shape index (κ1) is 19.4. The molecule has 0 aromatic heterocycles. The molecule has 4 rings (SSSR count). The Morgan fingerprint density at radius 2 is 1.57 bits per heavy atom. The smallest absolute Gasteiger partial charge is 0.236 e. The van der Waals surface area contributed by atoms with Crippen LogP contribution in [0, 0.1) is 0 Å². The van der Waals surface area contributed by atoms with Crippen molar-refractivity contribution >= 4 is 17.5 Å². The summed E-state index contributed by atoms with van der Waals surface area (Å²) in [6.07, 6.45) is 6.33. The van der Waals surface area contributed by atoms with Gasteiger partial charge in [-0.15, -0.1) is 0 Å². The van der Waals surface area contributed by atoms with Gasteiger partial charge in [0, 0.05) is 57.9 Å². The second-order valence-electron chi connectivity index (χ2n) is 8.34. The molecule has 2 amide bonds. The van der Waals surface area contributed by atoms with Gasteiger partial charge in [-0.2, -0.15) is 0 Å². The molecule has 0 unspecified atom stereocenters. The lowest BCUT2D eigenvalue weighted by Gasteiger charge is -2.34. The average molecular weight is 385 g/mol. The molecule has 2 fully saturated rings. The van der Waals surface area contributed by atoms with Crippen LogP contribution in [0.5, 0.6) is 0 Å². The molecular formula is C22H32N4O2. The quantitative estimate of drug-likeness (QED) is 0.812. The molecule has 2 heterocycles. The molecule has 28 heavy (non-hydrogen) atoms. The number of hydrogen-bond acceptors (Lipinski definition) is 4. The minimum atomic E-state index is 0.0876. The van der Waals surface area contributed by atoms with Gasteiger partial charge < -0.3 is 15.1 Å². The van der Waals surface area contributed by atoms with Crippen molar-refractivity contribution < 1.29 is 9.59 Å². The summed E-state index contributed by atoms with van der Waals surface area (Å²) in [5.41, 5.74) is 3.74. The predicted octanol–water partition coefficient (Wildman–Crippen LogP) is 1.74. The van der Waals surface area contributed by atoms with E-state index in [0.29, 0.717) is 13.0 Å². The zero-order valence-corrected chi connectivity index (χ0v) is 16.8. The van der Waals surface area contributed by atoms with E-state index in [1.54, 1.807) is 0 Å². The maximum Gasteiger partial charge on any atom is 0.236 e. The van der Waals surface area contributed by atoms with Crippen molar-refractivity contribution in [1.29, 1.82) is 0 Å². The van der Waals surface area contributed by atoms with Crippen molar-refractivity contribution in [2.75, 3.05) is 57.7 Å². The van der Waals surface area contributed by atoms with E-state index < -0.39 is 0 Å².